The van der Waals surface area contributed by atoms with Crippen molar-refractivity contribution in [1.82, 2.24) is 19.6 Å². The molecule has 0 aliphatic carbocycles. The monoisotopic (exact) mass is 193 g/mol. The number of aryl methyl sites for hydroxylation is 1. The third kappa shape index (κ3) is 1.06. The van der Waals surface area contributed by atoms with Crippen molar-refractivity contribution in [3.63, 3.8) is 0 Å². The lowest BCUT2D eigenvalue weighted by atomic mass is 10.3. The van der Waals surface area contributed by atoms with E-state index in [0.717, 1.165) is 10.7 Å². The van der Waals surface area contributed by atoms with E-state index in [0.29, 0.717) is 5.82 Å². The van der Waals surface area contributed by atoms with Gasteiger partial charge in [0.05, 0.1) is 11.5 Å². The second-order valence-electron chi connectivity index (χ2n) is 2.71. The average molecular weight is 193 g/mol. The smallest absolute Gasteiger partial charge is 0.283 e. The summed E-state index contributed by atoms with van der Waals surface area (Å²) in [5.74, 6) is -0.938. The number of aromatic nitrogens is 4. The number of hydrogen-bond acceptors (Lipinski definition) is 5. The first-order valence-corrected chi connectivity index (χ1v) is 3.75. The van der Waals surface area contributed by atoms with E-state index in [9.17, 15) is 14.7 Å². The zero-order chi connectivity index (χ0) is 10.3. The van der Waals surface area contributed by atoms with Crippen molar-refractivity contribution in [2.24, 2.45) is 0 Å². The maximum absolute atomic E-state index is 11.4. The molecule has 0 atom stereocenters. The number of rotatable bonds is 1. The second-order valence-corrected chi connectivity index (χ2v) is 2.71. The van der Waals surface area contributed by atoms with Crippen LogP contribution >= 0.6 is 0 Å². The van der Waals surface area contributed by atoms with Crippen LogP contribution in [-0.2, 0) is 0 Å². The summed E-state index contributed by atoms with van der Waals surface area (Å²) in [5.41, 5.74) is -1.22. The molecule has 14 heavy (non-hydrogen) atoms. The molecule has 1 N–H and O–H groups in total. The number of carbonyl (C=O) groups is 1. The van der Waals surface area contributed by atoms with Gasteiger partial charge in [-0.3, -0.25) is 9.89 Å². The predicted octanol–water partition coefficient (Wildman–Crippen LogP) is -1.91. The lowest BCUT2D eigenvalue weighted by Crippen LogP contribution is -2.32. The summed E-state index contributed by atoms with van der Waals surface area (Å²) in [6.07, 6.45) is 0.938. The highest BCUT2D eigenvalue weighted by molar-refractivity contribution is 5.84. The molecule has 0 unspecified atom stereocenters. The van der Waals surface area contributed by atoms with Crippen molar-refractivity contribution in [3.8, 4) is 0 Å². The molecule has 0 aliphatic heterocycles. The van der Waals surface area contributed by atoms with Gasteiger partial charge < -0.3 is 9.90 Å². The molecule has 0 aromatic carbocycles. The zero-order valence-electron chi connectivity index (χ0n) is 7.14. The predicted molar refractivity (Wildman–Crippen MR) is 42.7 cm³/mol. The van der Waals surface area contributed by atoms with Crippen LogP contribution in [0.15, 0.2) is 11.0 Å². The number of nitrogens with zero attached hydrogens (tertiary/aromatic N) is 3. The standard InChI is InChI=1S/C7H6N4O3/c1-3-9-7-8-2-4(6(13)14)5(12)11(7)10-3/h2H,1H3,(H,13,14)(H,8,9,10)/p-1. The number of aromatic amines is 1. The number of carboxylic acids is 1. The van der Waals surface area contributed by atoms with E-state index in [-0.39, 0.29) is 5.78 Å². The molecule has 72 valence electrons. The zero-order valence-corrected chi connectivity index (χ0v) is 7.14. The Morgan fingerprint density at radius 3 is 3.00 bits per heavy atom. The third-order valence-electron chi connectivity index (χ3n) is 1.70. The van der Waals surface area contributed by atoms with Crippen LogP contribution in [0.2, 0.25) is 0 Å². The minimum Gasteiger partial charge on any atom is -0.545 e. The van der Waals surface area contributed by atoms with Gasteiger partial charge >= 0.3 is 0 Å². The largest absolute Gasteiger partial charge is 0.545 e. The number of fused-ring (bicyclic) bond motifs is 1. The van der Waals surface area contributed by atoms with E-state index < -0.39 is 17.1 Å². The van der Waals surface area contributed by atoms with E-state index in [1.807, 2.05) is 0 Å². The summed E-state index contributed by atoms with van der Waals surface area (Å²) >= 11 is 0. The Kier molecular flexibility index (Phi) is 1.60. The summed E-state index contributed by atoms with van der Waals surface area (Å²) in [6, 6.07) is 0. The lowest BCUT2D eigenvalue weighted by molar-refractivity contribution is -0.255. The first-order chi connectivity index (χ1) is 6.59. The van der Waals surface area contributed by atoms with Crippen LogP contribution in [0, 0.1) is 6.92 Å². The molecule has 0 saturated carbocycles. The van der Waals surface area contributed by atoms with Crippen LogP contribution in [-0.4, -0.2) is 25.6 Å². The Labute approximate surface area is 77.0 Å². The van der Waals surface area contributed by atoms with Gasteiger partial charge in [0.25, 0.3) is 11.3 Å². The third-order valence-corrected chi connectivity index (χ3v) is 1.70. The lowest BCUT2D eigenvalue weighted by Gasteiger charge is -1.99. The Hall–Kier alpha value is -2.18. The van der Waals surface area contributed by atoms with Crippen LogP contribution in [0.1, 0.15) is 16.2 Å². The molecule has 0 aliphatic rings. The molecule has 0 fully saturated rings. The van der Waals surface area contributed by atoms with Crippen LogP contribution in [0.25, 0.3) is 5.78 Å². The molecule has 2 rings (SSSR count). The first kappa shape index (κ1) is 8.42. The van der Waals surface area contributed by atoms with Crippen LogP contribution < -0.4 is 10.7 Å². The van der Waals surface area contributed by atoms with E-state index in [1.54, 1.807) is 6.92 Å². The van der Waals surface area contributed by atoms with Gasteiger partial charge in [-0.05, 0) is 6.92 Å². The van der Waals surface area contributed by atoms with Crippen LogP contribution in [0.4, 0.5) is 0 Å². The van der Waals surface area contributed by atoms with Gasteiger partial charge in [0.15, 0.2) is 0 Å². The fourth-order valence-electron chi connectivity index (χ4n) is 1.10. The average Bonchev–Trinajstić information content (AvgIpc) is 2.46. The van der Waals surface area contributed by atoms with Gasteiger partial charge in [-0.2, -0.15) is 9.50 Å². The molecule has 0 saturated heterocycles. The van der Waals surface area contributed by atoms with Crippen LogP contribution in [0.3, 0.4) is 0 Å². The summed E-state index contributed by atoms with van der Waals surface area (Å²) in [5, 5.41) is 13.0. The normalized spacial score (nSPS) is 10.6. The maximum atomic E-state index is 11.4. The summed E-state index contributed by atoms with van der Waals surface area (Å²) in [7, 11) is 0. The molecule has 0 bridgehead atoms. The molecule has 7 heteroatoms. The second kappa shape index (κ2) is 2.66. The van der Waals surface area contributed by atoms with Crippen molar-refractivity contribution in [3.05, 3.63) is 27.9 Å². The van der Waals surface area contributed by atoms with E-state index in [4.69, 9.17) is 0 Å². The van der Waals surface area contributed by atoms with Gasteiger partial charge in [-0.25, -0.2) is 4.98 Å². The van der Waals surface area contributed by atoms with Crippen LogP contribution in [0.5, 0.6) is 0 Å². The van der Waals surface area contributed by atoms with Gasteiger partial charge in [-0.1, -0.05) is 0 Å². The van der Waals surface area contributed by atoms with E-state index >= 15 is 0 Å². The fraction of sp³-hybridized carbons (Fsp3) is 0.143. The highest BCUT2D eigenvalue weighted by atomic mass is 16.4. The highest BCUT2D eigenvalue weighted by Crippen LogP contribution is 1.94. The van der Waals surface area contributed by atoms with Gasteiger partial charge in [0, 0.05) is 6.20 Å². The Morgan fingerprint density at radius 1 is 1.64 bits per heavy atom. The topological polar surface area (TPSA) is 103 Å². The number of carbonyl (C=O) groups excluding carboxylic acids is 1. The number of hydrogen-bond donors (Lipinski definition) is 1. The molecule has 0 spiro atoms. The molecule has 7 nitrogen and oxygen atoms in total. The number of aromatic carboxylic acids is 1. The van der Waals surface area contributed by atoms with Gasteiger partial charge in [0.1, 0.15) is 5.82 Å². The molecule has 2 heterocycles. The van der Waals surface area contributed by atoms with E-state index in [2.05, 4.69) is 15.1 Å². The number of carboxylic acid groups (broad SMARTS) is 1. The first-order valence-electron chi connectivity index (χ1n) is 3.75. The van der Waals surface area contributed by atoms with Crippen molar-refractivity contribution in [1.29, 1.82) is 0 Å². The van der Waals surface area contributed by atoms with Gasteiger partial charge in [-0.15, -0.1) is 0 Å². The van der Waals surface area contributed by atoms with Crippen molar-refractivity contribution in [2.45, 2.75) is 6.92 Å². The minimum absolute atomic E-state index is 0.137. The molecular weight excluding hydrogens is 188 g/mol. The molecule has 0 radical (unpaired) electrons. The number of H-pyrrole nitrogens is 1. The van der Waals surface area contributed by atoms with Crippen molar-refractivity contribution in [2.75, 3.05) is 0 Å². The van der Waals surface area contributed by atoms with Crippen molar-refractivity contribution < 1.29 is 9.90 Å². The van der Waals surface area contributed by atoms with E-state index in [1.165, 1.54) is 0 Å². The summed E-state index contributed by atoms with van der Waals surface area (Å²) in [4.78, 5) is 29.4. The van der Waals surface area contributed by atoms with Gasteiger partial charge in [0.2, 0.25) is 0 Å². The highest BCUT2D eigenvalue weighted by Gasteiger charge is 2.07. The quantitative estimate of drug-likeness (QED) is 0.569. The SMILES string of the molecule is Cc1nc2ncc(C(=O)[O-])c(=O)n2[nH]1. The summed E-state index contributed by atoms with van der Waals surface area (Å²) < 4.78 is 0.959. The fourth-order valence-corrected chi connectivity index (χ4v) is 1.10. The molecular formula is C7H5N4O3-. The maximum Gasteiger partial charge on any atom is 0.283 e. The minimum atomic E-state index is -1.55. The Morgan fingerprint density at radius 2 is 2.36 bits per heavy atom. The Bertz CT molecular complexity index is 568. The Balaban J connectivity index is 2.88. The summed E-state index contributed by atoms with van der Waals surface area (Å²) in [6.45, 7) is 1.63. The molecule has 2 aromatic heterocycles. The van der Waals surface area contributed by atoms with Crippen molar-refractivity contribution >= 4 is 11.7 Å². The molecule has 2 aromatic rings. The molecule has 0 amide bonds. The number of nitrogens with one attached hydrogen (secondary N) is 1.